The number of anilines is 2. The number of fused-ring (bicyclic) bond motifs is 1. The van der Waals surface area contributed by atoms with Crippen molar-refractivity contribution in [1.29, 1.82) is 0 Å². The summed E-state index contributed by atoms with van der Waals surface area (Å²) in [7, 11) is -3.55. The summed E-state index contributed by atoms with van der Waals surface area (Å²) in [6.07, 6.45) is 7.69. The number of ether oxygens (including phenoxy) is 1. The molecule has 0 spiro atoms. The Labute approximate surface area is 227 Å². The number of nitrogen functional groups attached to an aromatic ring is 1. The van der Waals surface area contributed by atoms with E-state index >= 15 is 0 Å². The molecular weight excluding hydrogens is 516 g/mol. The normalized spacial score (nSPS) is 16.6. The van der Waals surface area contributed by atoms with Gasteiger partial charge in [0.1, 0.15) is 18.8 Å². The van der Waals surface area contributed by atoms with Gasteiger partial charge in [0.15, 0.2) is 9.84 Å². The number of nitrogens with one attached hydrogen (secondary N) is 1. The minimum Gasteiger partial charge on any atom is -0.446 e. The summed E-state index contributed by atoms with van der Waals surface area (Å²) < 4.78 is 35.5. The van der Waals surface area contributed by atoms with Crippen molar-refractivity contribution >= 4 is 38.2 Å². The molecule has 204 valence electrons. The molecular formula is C28H32N6O4S. The minimum absolute atomic E-state index is 0.0787. The van der Waals surface area contributed by atoms with E-state index in [1.807, 2.05) is 31.2 Å². The van der Waals surface area contributed by atoms with Crippen molar-refractivity contribution in [3.05, 3.63) is 55.1 Å². The Morgan fingerprint density at radius 3 is 2.56 bits per heavy atom. The van der Waals surface area contributed by atoms with Crippen LogP contribution in [0.4, 0.5) is 16.2 Å². The highest BCUT2D eigenvalue weighted by Gasteiger charge is 2.31. The maximum absolute atomic E-state index is 13.2. The average molecular weight is 549 g/mol. The zero-order valence-corrected chi connectivity index (χ0v) is 22.6. The first-order valence-corrected chi connectivity index (χ1v) is 15.0. The van der Waals surface area contributed by atoms with Gasteiger partial charge >= 0.3 is 6.09 Å². The Balaban J connectivity index is 1.30. The molecule has 2 aliphatic carbocycles. The van der Waals surface area contributed by atoms with Crippen molar-refractivity contribution in [3.8, 4) is 11.3 Å². The van der Waals surface area contributed by atoms with Gasteiger partial charge in [0.05, 0.1) is 34.1 Å². The summed E-state index contributed by atoms with van der Waals surface area (Å²) in [5, 5.41) is 7.63. The minimum atomic E-state index is -3.55. The molecule has 1 amide bonds. The monoisotopic (exact) mass is 548 g/mol. The van der Waals surface area contributed by atoms with Gasteiger partial charge < -0.3 is 15.0 Å². The van der Waals surface area contributed by atoms with Crippen molar-refractivity contribution in [2.45, 2.75) is 62.6 Å². The van der Waals surface area contributed by atoms with Crippen molar-refractivity contribution in [3.63, 3.8) is 0 Å². The van der Waals surface area contributed by atoms with Crippen LogP contribution in [0, 0.1) is 5.92 Å². The fourth-order valence-corrected chi connectivity index (χ4v) is 6.43. The number of aromatic nitrogens is 4. The molecule has 1 atom stereocenters. The third kappa shape index (κ3) is 5.10. The third-order valence-electron chi connectivity index (χ3n) is 7.85. The van der Waals surface area contributed by atoms with Gasteiger partial charge in [0.25, 0.3) is 0 Å². The van der Waals surface area contributed by atoms with Crippen LogP contribution in [-0.4, -0.2) is 45.7 Å². The molecule has 2 fully saturated rings. The second kappa shape index (κ2) is 10.0. The van der Waals surface area contributed by atoms with Crippen LogP contribution in [0.25, 0.3) is 22.2 Å². The van der Waals surface area contributed by atoms with Gasteiger partial charge in [-0.25, -0.2) is 18.2 Å². The highest BCUT2D eigenvalue weighted by molar-refractivity contribution is 7.91. The fourth-order valence-electron chi connectivity index (χ4n) is 5.20. The maximum Gasteiger partial charge on any atom is 0.411 e. The number of nitrogens with zero attached hydrogens (tertiary/aromatic N) is 4. The van der Waals surface area contributed by atoms with Crippen LogP contribution in [0.1, 0.15) is 45.1 Å². The van der Waals surface area contributed by atoms with Crippen LogP contribution in [0.2, 0.25) is 0 Å². The summed E-state index contributed by atoms with van der Waals surface area (Å²) >= 11 is 0. The Morgan fingerprint density at radius 2 is 1.92 bits per heavy atom. The zero-order valence-electron chi connectivity index (χ0n) is 21.8. The zero-order chi connectivity index (χ0) is 27.1. The molecule has 2 aromatic heterocycles. The Bertz CT molecular complexity index is 1600. The molecule has 0 saturated heterocycles. The van der Waals surface area contributed by atoms with Crippen molar-refractivity contribution in [2.75, 3.05) is 16.8 Å². The summed E-state index contributed by atoms with van der Waals surface area (Å²) in [5.41, 5.74) is 10.5. The largest absolute Gasteiger partial charge is 0.446 e. The van der Waals surface area contributed by atoms with E-state index in [4.69, 9.17) is 10.5 Å². The van der Waals surface area contributed by atoms with Gasteiger partial charge in [0, 0.05) is 22.7 Å². The molecule has 11 heteroatoms. The number of aryl methyl sites for hydroxylation is 1. The van der Waals surface area contributed by atoms with Gasteiger partial charge in [-0.1, -0.05) is 12.1 Å². The Hall–Kier alpha value is -3.86. The smallest absolute Gasteiger partial charge is 0.411 e. The van der Waals surface area contributed by atoms with Gasteiger partial charge in [0.2, 0.25) is 0 Å². The van der Waals surface area contributed by atoms with Crippen LogP contribution < -0.4 is 11.1 Å². The first kappa shape index (κ1) is 25.4. The second-order valence-corrected chi connectivity index (χ2v) is 12.6. The number of nitrogens with two attached hydrogens (primary N) is 1. The predicted octanol–water partition coefficient (Wildman–Crippen LogP) is 5.03. The quantitative estimate of drug-likeness (QED) is 0.300. The van der Waals surface area contributed by atoms with Crippen LogP contribution in [-0.2, 0) is 21.1 Å². The van der Waals surface area contributed by atoms with Crippen LogP contribution >= 0.6 is 0 Å². The number of carbonyl (C=O) groups excluding carboxylic acids is 1. The number of hydrogen-bond donors (Lipinski definition) is 2. The molecule has 4 aromatic rings. The number of carbonyl (C=O) groups is 1. The van der Waals surface area contributed by atoms with E-state index in [0.717, 1.165) is 54.3 Å². The molecule has 0 radical (unpaired) electrons. The summed E-state index contributed by atoms with van der Waals surface area (Å²) in [6.45, 7) is 2.15. The van der Waals surface area contributed by atoms with Crippen molar-refractivity contribution in [1.82, 2.24) is 19.3 Å². The van der Waals surface area contributed by atoms with Gasteiger partial charge in [-0.05, 0) is 75.3 Å². The lowest BCUT2D eigenvalue weighted by Gasteiger charge is -2.30. The van der Waals surface area contributed by atoms with Crippen molar-refractivity contribution < 1.29 is 17.9 Å². The second-order valence-electron chi connectivity index (χ2n) is 10.5. The topological polar surface area (TPSA) is 134 Å². The van der Waals surface area contributed by atoms with Gasteiger partial charge in [-0.3, -0.25) is 10.00 Å². The molecule has 39 heavy (non-hydrogen) atoms. The highest BCUT2D eigenvalue weighted by atomic mass is 32.2. The fraction of sp³-hybridized carbons (Fsp3) is 0.393. The molecule has 0 bridgehead atoms. The number of amides is 1. The van der Waals surface area contributed by atoms with Crippen LogP contribution in [0.3, 0.4) is 0 Å². The number of hydrogen-bond acceptors (Lipinski definition) is 7. The summed E-state index contributed by atoms with van der Waals surface area (Å²) in [4.78, 5) is 16.4. The van der Waals surface area contributed by atoms with Crippen LogP contribution in [0.15, 0.2) is 60.0 Å². The molecule has 0 aliphatic heterocycles. The molecule has 1 unspecified atom stereocenters. The Kier molecular flexibility index (Phi) is 6.54. The van der Waals surface area contributed by atoms with Gasteiger partial charge in [-0.2, -0.15) is 5.10 Å². The first-order valence-electron chi connectivity index (χ1n) is 13.4. The highest BCUT2D eigenvalue weighted by Crippen LogP contribution is 2.44. The van der Waals surface area contributed by atoms with Crippen molar-refractivity contribution in [2.24, 2.45) is 5.92 Å². The standard InChI is InChI=1S/C28H32N6O4S/c1-18(19-5-6-19)38-28(35)32-21-9-7-20(8-10-21)27-26(29)24-12-11-23(15-25(24)34(27)22-3-2-4-22)39(36,37)14-13-33-17-30-16-31-33/h7-12,15-19,22H,2-6,13-14,29H2,1H3,(H,32,35). The molecule has 2 saturated carbocycles. The predicted molar refractivity (Wildman–Crippen MR) is 149 cm³/mol. The van der Waals surface area contributed by atoms with E-state index < -0.39 is 15.9 Å². The summed E-state index contributed by atoms with van der Waals surface area (Å²) in [5.74, 6) is 0.392. The van der Waals surface area contributed by atoms with E-state index in [9.17, 15) is 13.2 Å². The maximum atomic E-state index is 13.2. The lowest BCUT2D eigenvalue weighted by atomic mass is 9.92. The van der Waals surface area contributed by atoms with E-state index in [2.05, 4.69) is 20.0 Å². The summed E-state index contributed by atoms with van der Waals surface area (Å²) in [6, 6.07) is 12.9. The van der Waals surface area contributed by atoms with Crippen LogP contribution in [0.5, 0.6) is 0 Å². The number of benzene rings is 2. The lowest BCUT2D eigenvalue weighted by Crippen LogP contribution is -2.21. The molecule has 6 rings (SSSR count). The van der Waals surface area contributed by atoms with E-state index in [-0.39, 0.29) is 29.3 Å². The first-order chi connectivity index (χ1) is 18.8. The number of rotatable bonds is 9. The Morgan fingerprint density at radius 1 is 1.15 bits per heavy atom. The van der Waals surface area contributed by atoms with E-state index in [0.29, 0.717) is 17.3 Å². The average Bonchev–Trinajstić information content (AvgIpc) is 3.54. The van der Waals surface area contributed by atoms with Gasteiger partial charge in [-0.15, -0.1) is 0 Å². The molecule has 3 N–H and O–H groups in total. The van der Waals surface area contributed by atoms with E-state index in [1.54, 1.807) is 18.2 Å². The molecule has 2 aliphatic rings. The SMILES string of the molecule is CC(OC(=O)Nc1ccc(-c2c(N)c3ccc(S(=O)(=O)CCn4cncn4)cc3n2C2CCC2)cc1)C1CC1. The molecule has 10 nitrogen and oxygen atoms in total. The third-order valence-corrected chi connectivity index (χ3v) is 9.55. The van der Waals surface area contributed by atoms with E-state index in [1.165, 1.54) is 17.3 Å². The molecule has 2 aromatic carbocycles. The number of sulfone groups is 1. The molecule has 2 heterocycles. The lowest BCUT2D eigenvalue weighted by molar-refractivity contribution is 0.108.